The highest BCUT2D eigenvalue weighted by Crippen LogP contribution is 2.40. The van der Waals surface area contributed by atoms with Gasteiger partial charge in [-0.1, -0.05) is 0 Å². The van der Waals surface area contributed by atoms with E-state index in [1.54, 1.807) is 0 Å². The van der Waals surface area contributed by atoms with Crippen LogP contribution in [0.2, 0.25) is 0 Å². The van der Waals surface area contributed by atoms with E-state index in [-0.39, 0.29) is 24.0 Å². The number of sulfonamides is 1. The van der Waals surface area contributed by atoms with Gasteiger partial charge in [-0.3, -0.25) is 14.4 Å². The number of nitrogens with zero attached hydrogens (tertiary/aromatic N) is 1. The van der Waals surface area contributed by atoms with Gasteiger partial charge in [0.15, 0.2) is 0 Å². The number of fused-ring (bicyclic) bond motifs is 1. The maximum Gasteiger partial charge on any atom is 0.427 e. The summed E-state index contributed by atoms with van der Waals surface area (Å²) in [5, 5.41) is 13.4. The smallest absolute Gasteiger partial charge is 0.427 e. The number of rotatable bonds is 7. The third-order valence-corrected chi connectivity index (χ3v) is 7.85. The number of hydrogen-bond acceptors (Lipinski definition) is 7. The molecule has 2 atom stereocenters. The van der Waals surface area contributed by atoms with Crippen LogP contribution in [0.25, 0.3) is 0 Å². The Balaban J connectivity index is 1.94. The highest BCUT2D eigenvalue weighted by Gasteiger charge is 2.56. The van der Waals surface area contributed by atoms with E-state index in [0.29, 0.717) is 18.2 Å². The Labute approximate surface area is 234 Å². The van der Waals surface area contributed by atoms with Crippen LogP contribution in [0.5, 0.6) is 5.75 Å². The molecule has 3 N–H and O–H groups in total. The summed E-state index contributed by atoms with van der Waals surface area (Å²) >= 11 is 0. The van der Waals surface area contributed by atoms with Crippen molar-refractivity contribution in [3.05, 3.63) is 48.3 Å². The summed E-state index contributed by atoms with van der Waals surface area (Å²) in [7, 11) is -4.56. The van der Waals surface area contributed by atoms with Gasteiger partial charge in [0.1, 0.15) is 17.7 Å². The molecule has 0 saturated carbocycles. The zero-order valence-corrected chi connectivity index (χ0v) is 22.7. The number of nitrogens with one attached hydrogen (secondary N) is 2. The van der Waals surface area contributed by atoms with Crippen LogP contribution in [-0.4, -0.2) is 68.3 Å². The number of alkyl halides is 6. The Morgan fingerprint density at radius 3 is 2.17 bits per heavy atom. The Kier molecular flexibility index (Phi) is 8.66. The zero-order valence-electron chi connectivity index (χ0n) is 21.9. The minimum Gasteiger partial charge on any atom is -0.484 e. The molecule has 0 spiro atoms. The Hall–Kier alpha value is -3.80. The number of amides is 2. The van der Waals surface area contributed by atoms with E-state index in [4.69, 9.17) is 4.74 Å². The van der Waals surface area contributed by atoms with Crippen LogP contribution >= 0.6 is 0 Å². The fourth-order valence-corrected chi connectivity index (χ4v) is 4.90. The quantitative estimate of drug-likeness (QED) is 0.392. The van der Waals surface area contributed by atoms with Crippen LogP contribution in [-0.2, 0) is 19.6 Å². The van der Waals surface area contributed by atoms with Crippen LogP contribution in [0.3, 0.4) is 0 Å². The molecular weight excluding hydrogens is 607 g/mol. The van der Waals surface area contributed by atoms with E-state index < -0.39 is 75.5 Å². The summed E-state index contributed by atoms with van der Waals surface area (Å²) in [4.78, 5) is 23.7. The second-order valence-corrected chi connectivity index (χ2v) is 11.6. The average molecular weight is 632 g/mol. The summed E-state index contributed by atoms with van der Waals surface area (Å²) in [5.41, 5.74) is -7.14. The van der Waals surface area contributed by atoms with Gasteiger partial charge in [-0.15, -0.1) is 0 Å². The Bertz CT molecular complexity index is 1440. The zero-order chi connectivity index (χ0) is 31.9. The number of carbonyl (C=O) groups excluding carboxylic acids is 2. The molecule has 2 amide bonds. The molecule has 1 aliphatic rings. The monoisotopic (exact) mass is 631 g/mol. The molecule has 2 aromatic rings. The average Bonchev–Trinajstić information content (AvgIpc) is 2.85. The van der Waals surface area contributed by atoms with Crippen molar-refractivity contribution in [3.63, 3.8) is 0 Å². The molecule has 0 aliphatic carbocycles. The van der Waals surface area contributed by atoms with Crippen molar-refractivity contribution in [2.24, 2.45) is 0 Å². The van der Waals surface area contributed by atoms with Crippen LogP contribution < -0.4 is 19.7 Å². The van der Waals surface area contributed by atoms with Gasteiger partial charge >= 0.3 is 18.4 Å². The maximum atomic E-state index is 13.5. The fourth-order valence-electron chi connectivity index (χ4n) is 3.40. The van der Waals surface area contributed by atoms with Crippen molar-refractivity contribution in [1.82, 2.24) is 5.32 Å². The van der Waals surface area contributed by atoms with Crippen LogP contribution in [0.15, 0.2) is 47.4 Å². The molecule has 0 saturated heterocycles. The van der Waals surface area contributed by atoms with Crippen molar-refractivity contribution < 1.29 is 63.3 Å². The number of carbonyl (C=O) groups is 2. The van der Waals surface area contributed by atoms with Gasteiger partial charge in [-0.05, 0) is 63.2 Å². The molecule has 2 aromatic carbocycles. The lowest BCUT2D eigenvalue weighted by Crippen LogP contribution is -2.57. The Morgan fingerprint density at radius 1 is 1.02 bits per heavy atom. The van der Waals surface area contributed by atoms with Crippen molar-refractivity contribution >= 4 is 33.4 Å². The molecule has 0 bridgehead atoms. The summed E-state index contributed by atoms with van der Waals surface area (Å²) in [6.07, 6.45) is -13.1. The molecule has 10 nitrogen and oxygen atoms in total. The molecule has 3 rings (SSSR count). The van der Waals surface area contributed by atoms with Gasteiger partial charge < -0.3 is 19.9 Å². The first-order valence-electron chi connectivity index (χ1n) is 11.8. The lowest BCUT2D eigenvalue weighted by molar-refractivity contribution is -0.245. The van der Waals surface area contributed by atoms with Crippen molar-refractivity contribution in [1.29, 1.82) is 0 Å². The molecule has 42 heavy (non-hydrogen) atoms. The van der Waals surface area contributed by atoms with Gasteiger partial charge in [-0.2, -0.15) is 26.3 Å². The second kappa shape index (κ2) is 11.1. The maximum absolute atomic E-state index is 13.5. The third-order valence-electron chi connectivity index (χ3n) is 6.05. The molecule has 0 aromatic heterocycles. The van der Waals surface area contributed by atoms with Crippen molar-refractivity contribution in [2.75, 3.05) is 22.7 Å². The summed E-state index contributed by atoms with van der Waals surface area (Å²) < 4.78 is 129. The molecule has 232 valence electrons. The van der Waals surface area contributed by atoms with Gasteiger partial charge in [0.05, 0.1) is 23.7 Å². The number of hydrogen-bond donors (Lipinski definition) is 3. The first-order valence-corrected chi connectivity index (χ1v) is 13.2. The van der Waals surface area contributed by atoms with Crippen molar-refractivity contribution in [3.8, 4) is 5.75 Å². The highest BCUT2D eigenvalue weighted by molar-refractivity contribution is 7.92. The van der Waals surface area contributed by atoms with Crippen LogP contribution in [0.1, 0.15) is 20.8 Å². The highest BCUT2D eigenvalue weighted by atomic mass is 32.2. The molecular formula is C24H24F7N3O7S. The first-order chi connectivity index (χ1) is 19.1. The van der Waals surface area contributed by atoms with E-state index in [1.165, 1.54) is 0 Å². The summed E-state index contributed by atoms with van der Waals surface area (Å²) in [5.74, 6) is -2.82. The lowest BCUT2D eigenvalue weighted by atomic mass is 10.1. The number of aliphatic hydroxyl groups is 1. The van der Waals surface area contributed by atoms with E-state index in [2.05, 4.69) is 4.74 Å². The minimum absolute atomic E-state index is 0.219. The first kappa shape index (κ1) is 32.7. The SMILES string of the molecule is CC(C)(OC(=O)Nc1ccc2c(c1)N(S(=O)(=O)c1ccc(F)cc1)C[C@H](CNC(=O)C(C)(O)C(F)(F)F)O2)C(F)(F)F. The van der Waals surface area contributed by atoms with Gasteiger partial charge in [0, 0.05) is 5.69 Å². The number of ether oxygens (including phenoxy) is 2. The molecule has 1 heterocycles. The molecule has 0 radical (unpaired) electrons. The summed E-state index contributed by atoms with van der Waals surface area (Å²) in [6, 6.07) is 6.78. The standard InChI is InChI=1S/C24H24F7N3O7S/c1-21(2,23(26,27)28)41-20(36)33-14-6-9-18-17(10-14)34(42(38,39)16-7-4-13(25)5-8-16)12-15(40-18)11-32-19(35)22(3,37)24(29,30)31/h4-10,15,37H,11-12H2,1-3H3,(H,32,35)(H,33,36)/t15-,22?/m0/s1. The van der Waals surface area contributed by atoms with Gasteiger partial charge in [-0.25, -0.2) is 17.6 Å². The summed E-state index contributed by atoms with van der Waals surface area (Å²) in [6.45, 7) is 0.0868. The van der Waals surface area contributed by atoms with E-state index in [0.717, 1.165) is 42.5 Å². The van der Waals surface area contributed by atoms with Gasteiger partial charge in [0.2, 0.25) is 11.2 Å². The number of anilines is 2. The molecule has 1 aliphatic heterocycles. The number of halogens is 7. The Morgan fingerprint density at radius 2 is 1.62 bits per heavy atom. The van der Waals surface area contributed by atoms with E-state index in [1.807, 2.05) is 10.6 Å². The predicted octanol–water partition coefficient (Wildman–Crippen LogP) is 4.10. The van der Waals surface area contributed by atoms with Gasteiger partial charge in [0.25, 0.3) is 15.9 Å². The molecule has 1 unspecified atom stereocenters. The molecule has 18 heteroatoms. The number of benzene rings is 2. The van der Waals surface area contributed by atoms with Crippen molar-refractivity contribution in [2.45, 2.75) is 55.3 Å². The normalized spacial score (nSPS) is 17.4. The van der Waals surface area contributed by atoms with Crippen LogP contribution in [0, 0.1) is 5.82 Å². The molecule has 0 fully saturated rings. The largest absolute Gasteiger partial charge is 0.484 e. The fraction of sp³-hybridized carbons (Fsp3) is 0.417. The van der Waals surface area contributed by atoms with E-state index >= 15 is 0 Å². The van der Waals surface area contributed by atoms with Crippen LogP contribution in [0.4, 0.5) is 46.9 Å². The van der Waals surface area contributed by atoms with E-state index in [9.17, 15) is 53.8 Å². The topological polar surface area (TPSA) is 134 Å². The second-order valence-electron chi connectivity index (χ2n) is 9.72. The minimum atomic E-state index is -5.32. The predicted molar refractivity (Wildman–Crippen MR) is 132 cm³/mol. The third kappa shape index (κ3) is 6.80. The lowest BCUT2D eigenvalue weighted by Gasteiger charge is -2.36.